The lowest BCUT2D eigenvalue weighted by molar-refractivity contribution is -0.118. The van der Waals surface area contributed by atoms with E-state index in [1.54, 1.807) is 0 Å². The SMILES string of the molecule is CC(C)COc1ccc(-c2nnc(SCC(=O)NCc3ccccc3)n2C)cc1. The van der Waals surface area contributed by atoms with Crippen LogP contribution in [0.1, 0.15) is 19.4 Å². The summed E-state index contributed by atoms with van der Waals surface area (Å²) >= 11 is 1.37. The average molecular weight is 411 g/mol. The van der Waals surface area contributed by atoms with E-state index in [0.717, 1.165) is 22.7 Å². The lowest BCUT2D eigenvalue weighted by Gasteiger charge is -2.09. The molecule has 1 aromatic heterocycles. The zero-order valence-corrected chi connectivity index (χ0v) is 17.8. The van der Waals surface area contributed by atoms with Crippen molar-refractivity contribution in [3.63, 3.8) is 0 Å². The summed E-state index contributed by atoms with van der Waals surface area (Å²) in [6, 6.07) is 17.7. The fourth-order valence-corrected chi connectivity index (χ4v) is 3.37. The lowest BCUT2D eigenvalue weighted by Crippen LogP contribution is -2.24. The van der Waals surface area contributed by atoms with Gasteiger partial charge in [-0.25, -0.2) is 0 Å². The molecule has 1 N–H and O–H groups in total. The predicted molar refractivity (Wildman–Crippen MR) is 116 cm³/mol. The van der Waals surface area contributed by atoms with E-state index in [4.69, 9.17) is 4.74 Å². The first-order valence-electron chi connectivity index (χ1n) is 9.59. The van der Waals surface area contributed by atoms with E-state index >= 15 is 0 Å². The zero-order chi connectivity index (χ0) is 20.6. The van der Waals surface area contributed by atoms with Crippen molar-refractivity contribution in [1.29, 1.82) is 0 Å². The van der Waals surface area contributed by atoms with Gasteiger partial charge in [0.2, 0.25) is 5.91 Å². The molecule has 6 nitrogen and oxygen atoms in total. The Morgan fingerprint density at radius 1 is 1.10 bits per heavy atom. The summed E-state index contributed by atoms with van der Waals surface area (Å²) in [5.74, 6) is 2.34. The maximum Gasteiger partial charge on any atom is 0.230 e. The quantitative estimate of drug-likeness (QED) is 0.542. The van der Waals surface area contributed by atoms with E-state index < -0.39 is 0 Å². The van der Waals surface area contributed by atoms with Crippen LogP contribution in [0.25, 0.3) is 11.4 Å². The second-order valence-corrected chi connectivity index (χ2v) is 8.09. The Bertz CT molecular complexity index is 924. The number of benzene rings is 2. The number of ether oxygens (including phenoxy) is 1. The van der Waals surface area contributed by atoms with Crippen LogP contribution in [-0.4, -0.2) is 33.0 Å². The van der Waals surface area contributed by atoms with Gasteiger partial charge in [0.15, 0.2) is 11.0 Å². The molecule has 0 unspecified atom stereocenters. The van der Waals surface area contributed by atoms with Crippen LogP contribution in [0.5, 0.6) is 5.75 Å². The van der Waals surface area contributed by atoms with Crippen LogP contribution in [0, 0.1) is 5.92 Å². The Morgan fingerprint density at radius 2 is 1.83 bits per heavy atom. The minimum atomic E-state index is -0.0324. The Morgan fingerprint density at radius 3 is 2.52 bits per heavy atom. The minimum Gasteiger partial charge on any atom is -0.493 e. The van der Waals surface area contributed by atoms with Crippen LogP contribution in [0.2, 0.25) is 0 Å². The van der Waals surface area contributed by atoms with Gasteiger partial charge in [0.25, 0.3) is 0 Å². The number of carbonyl (C=O) groups is 1. The van der Waals surface area contributed by atoms with Crippen LogP contribution in [0.3, 0.4) is 0 Å². The van der Waals surface area contributed by atoms with Crippen LogP contribution < -0.4 is 10.1 Å². The van der Waals surface area contributed by atoms with E-state index in [-0.39, 0.29) is 5.91 Å². The number of nitrogens with zero attached hydrogens (tertiary/aromatic N) is 3. The second kappa shape index (κ2) is 10.1. The highest BCUT2D eigenvalue weighted by molar-refractivity contribution is 7.99. The number of rotatable bonds is 9. The van der Waals surface area contributed by atoms with Gasteiger partial charge in [-0.3, -0.25) is 4.79 Å². The molecular weight excluding hydrogens is 384 g/mol. The largest absolute Gasteiger partial charge is 0.493 e. The van der Waals surface area contributed by atoms with E-state index in [1.165, 1.54) is 11.8 Å². The van der Waals surface area contributed by atoms with Crippen molar-refractivity contribution in [3.05, 3.63) is 60.2 Å². The number of amides is 1. The number of nitrogens with one attached hydrogen (secondary N) is 1. The van der Waals surface area contributed by atoms with Gasteiger partial charge in [0, 0.05) is 19.2 Å². The fraction of sp³-hybridized carbons (Fsp3) is 0.318. The monoisotopic (exact) mass is 410 g/mol. The highest BCUT2D eigenvalue weighted by Crippen LogP contribution is 2.24. The summed E-state index contributed by atoms with van der Waals surface area (Å²) in [4.78, 5) is 12.1. The first-order valence-corrected chi connectivity index (χ1v) is 10.6. The second-order valence-electron chi connectivity index (χ2n) is 7.15. The highest BCUT2D eigenvalue weighted by Gasteiger charge is 2.13. The number of carbonyl (C=O) groups excluding carboxylic acids is 1. The molecule has 0 bridgehead atoms. The average Bonchev–Trinajstić information content (AvgIpc) is 3.10. The Labute approximate surface area is 175 Å². The standard InChI is InChI=1S/C22H26N4O2S/c1-16(2)14-28-19-11-9-18(10-12-19)21-24-25-22(26(21)3)29-15-20(27)23-13-17-7-5-4-6-8-17/h4-12,16H,13-15H2,1-3H3,(H,23,27). The first-order chi connectivity index (χ1) is 14.0. The Kier molecular flexibility index (Phi) is 7.30. The molecule has 0 saturated heterocycles. The summed E-state index contributed by atoms with van der Waals surface area (Å²) in [6.45, 7) is 5.45. The molecular formula is C22H26N4O2S. The maximum absolute atomic E-state index is 12.1. The molecule has 3 rings (SSSR count). The van der Waals surface area contributed by atoms with Crippen molar-refractivity contribution in [2.45, 2.75) is 25.5 Å². The Balaban J connectivity index is 1.54. The predicted octanol–water partition coefficient (Wildman–Crippen LogP) is 3.93. The third-order valence-electron chi connectivity index (χ3n) is 4.20. The molecule has 3 aromatic rings. The van der Waals surface area contributed by atoms with Crippen molar-refractivity contribution >= 4 is 17.7 Å². The van der Waals surface area contributed by atoms with E-state index in [1.807, 2.05) is 66.2 Å². The van der Waals surface area contributed by atoms with Gasteiger partial charge in [0.05, 0.1) is 12.4 Å². The van der Waals surface area contributed by atoms with Gasteiger partial charge >= 0.3 is 0 Å². The molecule has 1 amide bonds. The van der Waals surface area contributed by atoms with Crippen molar-refractivity contribution in [2.24, 2.45) is 13.0 Å². The van der Waals surface area contributed by atoms with Gasteiger partial charge in [-0.2, -0.15) is 0 Å². The molecule has 7 heteroatoms. The molecule has 0 aliphatic heterocycles. The topological polar surface area (TPSA) is 69.0 Å². The number of thioether (sulfide) groups is 1. The molecule has 2 aromatic carbocycles. The molecule has 0 spiro atoms. The molecule has 29 heavy (non-hydrogen) atoms. The third-order valence-corrected chi connectivity index (χ3v) is 5.22. The van der Waals surface area contributed by atoms with Gasteiger partial charge in [0.1, 0.15) is 5.75 Å². The van der Waals surface area contributed by atoms with Crippen LogP contribution in [-0.2, 0) is 18.4 Å². The summed E-state index contributed by atoms with van der Waals surface area (Å²) in [5, 5.41) is 12.1. The minimum absolute atomic E-state index is 0.0324. The van der Waals surface area contributed by atoms with Crippen molar-refractivity contribution in [3.8, 4) is 17.1 Å². The molecule has 0 atom stereocenters. The molecule has 0 fully saturated rings. The molecule has 0 aliphatic carbocycles. The molecule has 0 radical (unpaired) electrons. The highest BCUT2D eigenvalue weighted by atomic mass is 32.2. The van der Waals surface area contributed by atoms with Crippen molar-refractivity contribution < 1.29 is 9.53 Å². The van der Waals surface area contributed by atoms with Gasteiger partial charge in [-0.1, -0.05) is 55.9 Å². The summed E-state index contributed by atoms with van der Waals surface area (Å²) in [5.41, 5.74) is 2.03. The number of aromatic nitrogens is 3. The Hall–Kier alpha value is -2.80. The molecule has 152 valence electrons. The van der Waals surface area contributed by atoms with Crippen LogP contribution >= 0.6 is 11.8 Å². The normalized spacial score (nSPS) is 10.9. The number of hydrogen-bond acceptors (Lipinski definition) is 5. The maximum atomic E-state index is 12.1. The van der Waals surface area contributed by atoms with Gasteiger partial charge in [-0.15, -0.1) is 10.2 Å². The third kappa shape index (κ3) is 6.09. The summed E-state index contributed by atoms with van der Waals surface area (Å²) in [6.07, 6.45) is 0. The van der Waals surface area contributed by atoms with E-state index in [9.17, 15) is 4.79 Å². The van der Waals surface area contributed by atoms with Crippen molar-refractivity contribution in [1.82, 2.24) is 20.1 Å². The first kappa shape index (κ1) is 20.9. The van der Waals surface area contributed by atoms with E-state index in [2.05, 4.69) is 29.4 Å². The zero-order valence-electron chi connectivity index (χ0n) is 17.0. The summed E-state index contributed by atoms with van der Waals surface area (Å²) < 4.78 is 7.62. The number of hydrogen-bond donors (Lipinski definition) is 1. The molecule has 1 heterocycles. The van der Waals surface area contributed by atoms with E-state index in [0.29, 0.717) is 30.0 Å². The van der Waals surface area contributed by atoms with Gasteiger partial charge < -0.3 is 14.6 Å². The molecule has 0 saturated carbocycles. The van der Waals surface area contributed by atoms with Crippen molar-refractivity contribution in [2.75, 3.05) is 12.4 Å². The van der Waals surface area contributed by atoms with Crippen LogP contribution in [0.4, 0.5) is 0 Å². The lowest BCUT2D eigenvalue weighted by atomic mass is 10.2. The fourth-order valence-electron chi connectivity index (χ4n) is 2.63. The smallest absolute Gasteiger partial charge is 0.230 e. The summed E-state index contributed by atoms with van der Waals surface area (Å²) in [7, 11) is 1.91. The van der Waals surface area contributed by atoms with Gasteiger partial charge in [-0.05, 0) is 35.7 Å². The molecule has 0 aliphatic rings. The van der Waals surface area contributed by atoms with Crippen LogP contribution in [0.15, 0.2) is 59.8 Å².